The number of hydrogen-bond donors (Lipinski definition) is 0. The van der Waals surface area contributed by atoms with Gasteiger partial charge in [-0.15, -0.1) is 0 Å². The van der Waals surface area contributed by atoms with Gasteiger partial charge in [-0.3, -0.25) is 4.57 Å². The number of nitriles is 1. The zero-order chi connectivity index (χ0) is 28.9. The van der Waals surface area contributed by atoms with Crippen molar-refractivity contribution in [2.45, 2.75) is 5.92 Å². The molecule has 0 bridgehead atoms. The monoisotopic (exact) mass is 562 g/mol. The predicted octanol–water partition coefficient (Wildman–Crippen LogP) is 9.39. The molecule has 204 valence electrons. The molecule has 0 radical (unpaired) electrons. The number of rotatable bonds is 2. The maximum absolute atomic E-state index is 9.63. The fourth-order valence-corrected chi connectivity index (χ4v) is 7.39. The summed E-state index contributed by atoms with van der Waals surface area (Å²) in [6.07, 6.45) is 0. The van der Waals surface area contributed by atoms with Crippen molar-refractivity contribution in [2.24, 2.45) is 0 Å². The molecule has 0 saturated carbocycles. The molecule has 9 aromatic rings. The van der Waals surface area contributed by atoms with Crippen molar-refractivity contribution < 1.29 is 4.42 Å². The summed E-state index contributed by atoms with van der Waals surface area (Å²) in [6, 6.07) is 46.6. The van der Waals surface area contributed by atoms with E-state index in [9.17, 15) is 5.26 Å². The maximum atomic E-state index is 9.63. The zero-order valence-corrected chi connectivity index (χ0v) is 23.4. The average molecular weight is 563 g/mol. The Kier molecular flexibility index (Phi) is 4.51. The number of aromatic nitrogens is 3. The second-order valence-corrected chi connectivity index (χ2v) is 11.5. The Morgan fingerprint density at radius 3 is 2.34 bits per heavy atom. The molecule has 10 rings (SSSR count). The smallest absolute Gasteiger partial charge is 0.137 e. The van der Waals surface area contributed by atoms with E-state index in [1.807, 2.05) is 30.3 Å². The second-order valence-electron chi connectivity index (χ2n) is 11.5. The molecule has 0 amide bonds. The van der Waals surface area contributed by atoms with Gasteiger partial charge in [0, 0.05) is 16.2 Å². The van der Waals surface area contributed by atoms with Gasteiger partial charge in [-0.05, 0) is 77.9 Å². The molecule has 0 fully saturated rings. The molecule has 1 aliphatic rings. The third kappa shape index (κ3) is 2.99. The molecule has 44 heavy (non-hydrogen) atoms. The van der Waals surface area contributed by atoms with Crippen LogP contribution < -0.4 is 0 Å². The Morgan fingerprint density at radius 1 is 0.614 bits per heavy atom. The van der Waals surface area contributed by atoms with Crippen LogP contribution in [0.15, 0.2) is 132 Å². The van der Waals surface area contributed by atoms with E-state index >= 15 is 0 Å². The van der Waals surface area contributed by atoms with Crippen molar-refractivity contribution in [3.05, 3.63) is 150 Å². The SMILES string of the molecule is N#Cc1ccc2oc3cccc(-n4c5ccccc5c5cc(C6c7ccccc7-n7c6nc6ccccc67)ccc54)c3c2c1. The first kappa shape index (κ1) is 23.4. The second kappa shape index (κ2) is 8.47. The van der Waals surface area contributed by atoms with Crippen LogP contribution in [-0.2, 0) is 0 Å². The predicted molar refractivity (Wildman–Crippen MR) is 175 cm³/mol. The lowest BCUT2D eigenvalue weighted by Gasteiger charge is -2.13. The van der Waals surface area contributed by atoms with Gasteiger partial charge in [-0.2, -0.15) is 5.26 Å². The van der Waals surface area contributed by atoms with Crippen LogP contribution in [0.3, 0.4) is 0 Å². The Labute approximate surface area is 251 Å². The normalized spacial score (nSPS) is 14.1. The number of para-hydroxylation sites is 4. The van der Waals surface area contributed by atoms with Crippen molar-refractivity contribution in [1.29, 1.82) is 5.26 Å². The Bertz CT molecular complexity index is 2700. The molecule has 1 unspecified atom stereocenters. The lowest BCUT2D eigenvalue weighted by molar-refractivity contribution is 0.669. The maximum Gasteiger partial charge on any atom is 0.137 e. The van der Waals surface area contributed by atoms with Crippen molar-refractivity contribution in [2.75, 3.05) is 0 Å². The van der Waals surface area contributed by atoms with Gasteiger partial charge < -0.3 is 8.98 Å². The number of furan rings is 1. The Hall–Kier alpha value is -6.12. The van der Waals surface area contributed by atoms with Gasteiger partial charge in [0.05, 0.1) is 56.4 Å². The average Bonchev–Trinajstić information content (AvgIpc) is 3.81. The topological polar surface area (TPSA) is 59.7 Å². The minimum Gasteiger partial charge on any atom is -0.456 e. The third-order valence-corrected chi connectivity index (χ3v) is 9.21. The summed E-state index contributed by atoms with van der Waals surface area (Å²) in [5.74, 6) is 1.08. The summed E-state index contributed by atoms with van der Waals surface area (Å²) < 4.78 is 10.9. The van der Waals surface area contributed by atoms with Crippen LogP contribution in [0.5, 0.6) is 0 Å². The number of imidazole rings is 1. The van der Waals surface area contributed by atoms with E-state index in [1.54, 1.807) is 0 Å². The molecule has 0 N–H and O–H groups in total. The minimum atomic E-state index is 0.0239. The van der Waals surface area contributed by atoms with Gasteiger partial charge in [0.2, 0.25) is 0 Å². The first-order valence-electron chi connectivity index (χ1n) is 14.7. The fraction of sp³-hybridized carbons (Fsp3) is 0.0256. The lowest BCUT2D eigenvalue weighted by Crippen LogP contribution is -2.01. The molecule has 0 spiro atoms. The third-order valence-electron chi connectivity index (χ3n) is 9.21. The summed E-state index contributed by atoms with van der Waals surface area (Å²) in [5, 5.41) is 14.0. The van der Waals surface area contributed by atoms with E-state index in [2.05, 4.69) is 112 Å². The molecule has 4 heterocycles. The molecule has 1 aliphatic heterocycles. The van der Waals surface area contributed by atoms with Crippen LogP contribution in [0.25, 0.3) is 66.2 Å². The molecular formula is C39H22N4O. The van der Waals surface area contributed by atoms with E-state index < -0.39 is 0 Å². The Morgan fingerprint density at radius 2 is 1.41 bits per heavy atom. The first-order valence-corrected chi connectivity index (χ1v) is 14.7. The molecule has 5 heteroatoms. The highest BCUT2D eigenvalue weighted by atomic mass is 16.3. The van der Waals surface area contributed by atoms with Crippen LogP contribution in [0, 0.1) is 11.3 Å². The van der Waals surface area contributed by atoms with Crippen molar-refractivity contribution in [1.82, 2.24) is 14.1 Å². The molecule has 3 aromatic heterocycles. The van der Waals surface area contributed by atoms with Crippen LogP contribution in [0.4, 0.5) is 0 Å². The van der Waals surface area contributed by atoms with Gasteiger partial charge in [0.15, 0.2) is 0 Å². The summed E-state index contributed by atoms with van der Waals surface area (Å²) in [4.78, 5) is 5.16. The number of nitrogens with zero attached hydrogens (tertiary/aromatic N) is 4. The van der Waals surface area contributed by atoms with Crippen molar-refractivity contribution in [3.63, 3.8) is 0 Å². The van der Waals surface area contributed by atoms with Gasteiger partial charge >= 0.3 is 0 Å². The first-order chi connectivity index (χ1) is 21.8. The highest BCUT2D eigenvalue weighted by molar-refractivity contribution is 6.14. The fourth-order valence-electron chi connectivity index (χ4n) is 7.39. The summed E-state index contributed by atoms with van der Waals surface area (Å²) >= 11 is 0. The summed E-state index contributed by atoms with van der Waals surface area (Å²) in [6.45, 7) is 0. The van der Waals surface area contributed by atoms with Crippen LogP contribution in [-0.4, -0.2) is 14.1 Å². The quantitative estimate of drug-likeness (QED) is 0.211. The number of hydrogen-bond acceptors (Lipinski definition) is 3. The summed E-state index contributed by atoms with van der Waals surface area (Å²) in [7, 11) is 0. The number of fused-ring (bicyclic) bond motifs is 11. The van der Waals surface area contributed by atoms with E-state index in [1.165, 1.54) is 27.6 Å². The summed E-state index contributed by atoms with van der Waals surface area (Å²) in [5.41, 5.74) is 11.3. The standard InChI is InChI=1S/C39H22N4O/c40-22-23-16-19-35-28(20-23)38-34(14-7-15-36(38)44-35)42-30-11-4-1-8-25(30)27-21-24(17-18-32(27)42)37-26-9-2-5-12-31(26)43-33-13-6-3-10-29(33)41-39(37)43/h1-21,37H. The molecule has 0 aliphatic carbocycles. The van der Waals surface area contributed by atoms with Crippen molar-refractivity contribution >= 4 is 54.8 Å². The van der Waals surface area contributed by atoms with Gasteiger partial charge in [0.1, 0.15) is 17.0 Å². The number of benzene rings is 6. The lowest BCUT2D eigenvalue weighted by atomic mass is 9.91. The molecule has 6 aromatic carbocycles. The van der Waals surface area contributed by atoms with Crippen LogP contribution in [0.2, 0.25) is 0 Å². The van der Waals surface area contributed by atoms with E-state index in [4.69, 9.17) is 9.40 Å². The van der Waals surface area contributed by atoms with Gasteiger partial charge in [0.25, 0.3) is 0 Å². The highest BCUT2D eigenvalue weighted by Crippen LogP contribution is 2.46. The zero-order valence-electron chi connectivity index (χ0n) is 23.4. The van der Waals surface area contributed by atoms with Gasteiger partial charge in [-0.25, -0.2) is 4.98 Å². The van der Waals surface area contributed by atoms with E-state index in [0.29, 0.717) is 5.56 Å². The molecule has 5 nitrogen and oxygen atoms in total. The minimum absolute atomic E-state index is 0.0239. The van der Waals surface area contributed by atoms with Crippen LogP contribution >= 0.6 is 0 Å². The highest BCUT2D eigenvalue weighted by Gasteiger charge is 2.33. The molecule has 0 saturated heterocycles. The van der Waals surface area contributed by atoms with E-state index in [-0.39, 0.29) is 5.92 Å². The van der Waals surface area contributed by atoms with Crippen LogP contribution in [0.1, 0.15) is 28.4 Å². The molecular weight excluding hydrogens is 540 g/mol. The Balaban J connectivity index is 1.26. The largest absolute Gasteiger partial charge is 0.456 e. The van der Waals surface area contributed by atoms with Gasteiger partial charge in [-0.1, -0.05) is 60.7 Å². The molecule has 1 atom stereocenters. The van der Waals surface area contributed by atoms with Crippen molar-refractivity contribution in [3.8, 4) is 17.4 Å². The van der Waals surface area contributed by atoms with E-state index in [0.717, 1.165) is 55.5 Å².